The van der Waals surface area contributed by atoms with E-state index in [1.54, 1.807) is 12.1 Å². The molecule has 0 radical (unpaired) electrons. The molecule has 0 aliphatic heterocycles. The first-order chi connectivity index (χ1) is 14.1. The molecule has 0 aliphatic rings. The maximum atomic E-state index is 12.4. The molecule has 2 rings (SSSR count). The Morgan fingerprint density at radius 2 is 1.90 bits per heavy atom. The highest BCUT2D eigenvalue weighted by molar-refractivity contribution is 14.0. The maximum Gasteiger partial charge on any atom is 0.422 e. The van der Waals surface area contributed by atoms with Crippen molar-refractivity contribution in [1.82, 2.24) is 20.4 Å². The zero-order valence-corrected chi connectivity index (χ0v) is 20.6. The molecule has 0 spiro atoms. The molecule has 1 aromatic carbocycles. The molecular weight excluding hydrogens is 526 g/mol. The molecule has 2 aromatic rings. The highest BCUT2D eigenvalue weighted by Crippen LogP contribution is 2.30. The molecule has 0 aliphatic carbocycles. The number of aliphatic imine (C=N–C) groups is 1. The molecule has 11 heteroatoms. The third kappa shape index (κ3) is 8.11. The van der Waals surface area contributed by atoms with Crippen LogP contribution >= 0.6 is 24.0 Å². The van der Waals surface area contributed by atoms with Crippen molar-refractivity contribution < 1.29 is 22.6 Å². The van der Waals surface area contributed by atoms with Gasteiger partial charge in [0.2, 0.25) is 0 Å². The van der Waals surface area contributed by atoms with Gasteiger partial charge < -0.3 is 20.1 Å². The van der Waals surface area contributed by atoms with Gasteiger partial charge >= 0.3 is 6.18 Å². The summed E-state index contributed by atoms with van der Waals surface area (Å²) >= 11 is 0. The molecule has 0 fully saturated rings. The van der Waals surface area contributed by atoms with Crippen LogP contribution in [0.5, 0.6) is 11.5 Å². The smallest absolute Gasteiger partial charge is 0.422 e. The van der Waals surface area contributed by atoms with E-state index in [0.29, 0.717) is 25.6 Å². The molecule has 0 saturated heterocycles. The van der Waals surface area contributed by atoms with Crippen molar-refractivity contribution in [3.63, 3.8) is 0 Å². The average Bonchev–Trinajstić information content (AvgIpc) is 2.93. The number of methoxy groups -OCH3 is 1. The van der Waals surface area contributed by atoms with Crippen molar-refractivity contribution in [2.75, 3.05) is 20.3 Å². The molecular formula is C20H29F3IN5O2. The van der Waals surface area contributed by atoms with Gasteiger partial charge in [-0.25, -0.2) is 4.99 Å². The predicted octanol–water partition coefficient (Wildman–Crippen LogP) is 3.86. The number of benzene rings is 1. The lowest BCUT2D eigenvalue weighted by atomic mass is 10.2. The molecule has 0 atom stereocenters. The third-order valence-electron chi connectivity index (χ3n) is 4.47. The Labute approximate surface area is 197 Å². The van der Waals surface area contributed by atoms with Crippen LogP contribution in [0.1, 0.15) is 29.4 Å². The predicted molar refractivity (Wildman–Crippen MR) is 124 cm³/mol. The molecule has 31 heavy (non-hydrogen) atoms. The van der Waals surface area contributed by atoms with Crippen molar-refractivity contribution in [2.24, 2.45) is 12.0 Å². The van der Waals surface area contributed by atoms with Gasteiger partial charge in [0.05, 0.1) is 19.3 Å². The number of aromatic nitrogens is 2. The normalized spacial score (nSPS) is 11.7. The van der Waals surface area contributed by atoms with Gasteiger partial charge in [-0.15, -0.1) is 24.0 Å². The van der Waals surface area contributed by atoms with Gasteiger partial charge in [0.15, 0.2) is 24.1 Å². The number of nitrogens with one attached hydrogen (secondary N) is 2. The molecule has 0 unspecified atom stereocenters. The minimum absolute atomic E-state index is 0. The van der Waals surface area contributed by atoms with E-state index in [1.807, 2.05) is 32.5 Å². The molecule has 0 amide bonds. The SMILES string of the molecule is CCNC(=NCc1ccc(OCC(F)(F)F)c(OC)c1)NCc1c(C)nn(C)c1C.I. The molecule has 7 nitrogen and oxygen atoms in total. The Kier molecular flexibility index (Phi) is 10.4. The first-order valence-corrected chi connectivity index (χ1v) is 9.52. The second-order valence-electron chi connectivity index (χ2n) is 6.71. The van der Waals surface area contributed by atoms with Crippen LogP contribution in [-0.4, -0.2) is 42.2 Å². The lowest BCUT2D eigenvalue weighted by Crippen LogP contribution is -2.37. The van der Waals surface area contributed by atoms with Crippen molar-refractivity contribution in [3.05, 3.63) is 40.7 Å². The van der Waals surface area contributed by atoms with Gasteiger partial charge in [0.1, 0.15) is 0 Å². The largest absolute Gasteiger partial charge is 0.493 e. The lowest BCUT2D eigenvalue weighted by Gasteiger charge is -2.14. The summed E-state index contributed by atoms with van der Waals surface area (Å²) in [5.74, 6) is 0.887. The standard InChI is InChI=1S/C20H28F3N5O2.HI/c1-6-24-19(26-11-16-13(2)27-28(4)14(16)3)25-10-15-7-8-17(18(9-15)29-5)30-12-20(21,22)23;/h7-9H,6,10-12H2,1-5H3,(H2,24,25,26);1H. The number of rotatable bonds is 8. The number of alkyl halides is 3. The number of halogens is 4. The highest BCUT2D eigenvalue weighted by Gasteiger charge is 2.29. The Bertz CT molecular complexity index is 884. The molecule has 174 valence electrons. The summed E-state index contributed by atoms with van der Waals surface area (Å²) in [6.07, 6.45) is -4.41. The third-order valence-corrected chi connectivity index (χ3v) is 4.47. The van der Waals surface area contributed by atoms with Gasteiger partial charge in [0.25, 0.3) is 0 Å². The van der Waals surface area contributed by atoms with Crippen LogP contribution in [0, 0.1) is 13.8 Å². The Morgan fingerprint density at radius 1 is 1.19 bits per heavy atom. The van der Waals surface area contributed by atoms with Crippen LogP contribution in [-0.2, 0) is 20.1 Å². The van der Waals surface area contributed by atoms with E-state index in [-0.39, 0.29) is 35.5 Å². The van der Waals surface area contributed by atoms with Gasteiger partial charge in [-0.2, -0.15) is 18.3 Å². The highest BCUT2D eigenvalue weighted by atomic mass is 127. The Balaban J connectivity index is 0.00000480. The van der Waals surface area contributed by atoms with Crippen molar-refractivity contribution in [2.45, 2.75) is 40.0 Å². The minimum atomic E-state index is -4.41. The topological polar surface area (TPSA) is 72.7 Å². The van der Waals surface area contributed by atoms with Gasteiger partial charge in [-0.1, -0.05) is 6.07 Å². The van der Waals surface area contributed by atoms with Crippen molar-refractivity contribution >= 4 is 29.9 Å². The number of nitrogens with zero attached hydrogens (tertiary/aromatic N) is 3. The van der Waals surface area contributed by atoms with E-state index in [0.717, 1.165) is 22.5 Å². The summed E-state index contributed by atoms with van der Waals surface area (Å²) in [4.78, 5) is 4.55. The molecule has 0 bridgehead atoms. The number of hydrogen-bond acceptors (Lipinski definition) is 4. The zero-order chi connectivity index (χ0) is 22.3. The number of guanidine groups is 1. The number of aryl methyl sites for hydroxylation is 2. The van der Waals surface area contributed by atoms with Crippen LogP contribution in [0.3, 0.4) is 0 Å². The fourth-order valence-electron chi connectivity index (χ4n) is 2.85. The summed E-state index contributed by atoms with van der Waals surface area (Å²) < 4.78 is 48.9. The van der Waals surface area contributed by atoms with E-state index in [2.05, 4.69) is 20.7 Å². The summed E-state index contributed by atoms with van der Waals surface area (Å²) in [6.45, 7) is 6.14. The van der Waals surface area contributed by atoms with E-state index in [4.69, 9.17) is 9.47 Å². The molecule has 0 saturated carbocycles. The summed E-state index contributed by atoms with van der Waals surface area (Å²) in [5, 5.41) is 10.9. The summed E-state index contributed by atoms with van der Waals surface area (Å²) in [7, 11) is 3.29. The van der Waals surface area contributed by atoms with Crippen LogP contribution in [0.25, 0.3) is 0 Å². The quantitative estimate of drug-likeness (QED) is 0.294. The van der Waals surface area contributed by atoms with Crippen LogP contribution in [0.4, 0.5) is 13.2 Å². The van der Waals surface area contributed by atoms with Crippen LogP contribution < -0.4 is 20.1 Å². The van der Waals surface area contributed by atoms with Crippen molar-refractivity contribution in [3.8, 4) is 11.5 Å². The fourth-order valence-corrected chi connectivity index (χ4v) is 2.85. The zero-order valence-electron chi connectivity index (χ0n) is 18.3. The van der Waals surface area contributed by atoms with E-state index in [9.17, 15) is 13.2 Å². The summed E-state index contributed by atoms with van der Waals surface area (Å²) in [6, 6.07) is 4.74. The van der Waals surface area contributed by atoms with E-state index in [1.165, 1.54) is 13.2 Å². The molecule has 1 aromatic heterocycles. The number of ether oxygens (including phenoxy) is 2. The minimum Gasteiger partial charge on any atom is -0.493 e. The second-order valence-corrected chi connectivity index (χ2v) is 6.71. The van der Waals surface area contributed by atoms with Crippen LogP contribution in [0.2, 0.25) is 0 Å². The maximum absolute atomic E-state index is 12.4. The van der Waals surface area contributed by atoms with Crippen molar-refractivity contribution in [1.29, 1.82) is 0 Å². The summed E-state index contributed by atoms with van der Waals surface area (Å²) in [5.41, 5.74) is 3.92. The van der Waals surface area contributed by atoms with Gasteiger partial charge in [-0.3, -0.25) is 4.68 Å². The molecule has 2 N–H and O–H groups in total. The van der Waals surface area contributed by atoms with Gasteiger partial charge in [-0.05, 0) is 38.5 Å². The molecule has 1 heterocycles. The Hall–Kier alpha value is -2.18. The monoisotopic (exact) mass is 555 g/mol. The van der Waals surface area contributed by atoms with Gasteiger partial charge in [0, 0.05) is 31.4 Å². The lowest BCUT2D eigenvalue weighted by molar-refractivity contribution is -0.153. The average molecular weight is 555 g/mol. The van der Waals surface area contributed by atoms with E-state index < -0.39 is 12.8 Å². The first-order valence-electron chi connectivity index (χ1n) is 9.52. The number of hydrogen-bond donors (Lipinski definition) is 2. The van der Waals surface area contributed by atoms with Crippen LogP contribution in [0.15, 0.2) is 23.2 Å². The second kappa shape index (κ2) is 12.0. The first kappa shape index (κ1) is 26.9. The Morgan fingerprint density at radius 3 is 2.45 bits per heavy atom. The van der Waals surface area contributed by atoms with E-state index >= 15 is 0 Å². The fraction of sp³-hybridized carbons (Fsp3) is 0.500.